The number of nitrogens with one attached hydrogen (secondary N) is 2. The molecule has 3 heterocycles. The number of amides is 2. The number of H-pyrrole nitrogens is 1. The van der Waals surface area contributed by atoms with Crippen molar-refractivity contribution in [1.82, 2.24) is 20.0 Å². The molecule has 25 heavy (non-hydrogen) atoms. The van der Waals surface area contributed by atoms with Gasteiger partial charge in [-0.3, -0.25) is 5.10 Å². The molecule has 0 saturated carbocycles. The first-order chi connectivity index (χ1) is 12.3. The summed E-state index contributed by atoms with van der Waals surface area (Å²) in [6.07, 6.45) is 5.29. The maximum atomic E-state index is 12.7. The third-order valence-electron chi connectivity index (χ3n) is 4.99. The summed E-state index contributed by atoms with van der Waals surface area (Å²) in [6, 6.07) is 5.72. The number of ether oxygens (including phenoxy) is 1. The van der Waals surface area contributed by atoms with Crippen LogP contribution in [0.3, 0.4) is 0 Å². The topological polar surface area (TPSA) is 73.5 Å². The lowest BCUT2D eigenvalue weighted by atomic mass is 10.2. The van der Waals surface area contributed by atoms with Gasteiger partial charge in [-0.2, -0.15) is 5.10 Å². The Kier molecular flexibility index (Phi) is 4.85. The molecule has 1 aromatic heterocycles. The van der Waals surface area contributed by atoms with Gasteiger partial charge in [0.25, 0.3) is 0 Å². The fourth-order valence-electron chi connectivity index (χ4n) is 3.66. The zero-order valence-corrected chi connectivity index (χ0v) is 14.4. The second kappa shape index (κ2) is 7.41. The highest BCUT2D eigenvalue weighted by molar-refractivity contribution is 5.92. The molecule has 2 saturated heterocycles. The van der Waals surface area contributed by atoms with E-state index in [1.807, 2.05) is 23.1 Å². The Balaban J connectivity index is 1.38. The lowest BCUT2D eigenvalue weighted by Gasteiger charge is -2.27. The van der Waals surface area contributed by atoms with Crippen molar-refractivity contribution in [2.24, 2.45) is 0 Å². The van der Waals surface area contributed by atoms with Crippen LogP contribution in [-0.4, -0.2) is 71.5 Å². The van der Waals surface area contributed by atoms with E-state index in [2.05, 4.69) is 20.4 Å². The van der Waals surface area contributed by atoms with Crippen LogP contribution in [0.4, 0.5) is 10.5 Å². The van der Waals surface area contributed by atoms with Crippen LogP contribution in [0.5, 0.6) is 0 Å². The Morgan fingerprint density at radius 2 is 2.16 bits per heavy atom. The lowest BCUT2D eigenvalue weighted by molar-refractivity contribution is 0.0355. The highest BCUT2D eigenvalue weighted by Crippen LogP contribution is 2.18. The molecule has 4 rings (SSSR count). The molecule has 0 aliphatic carbocycles. The van der Waals surface area contributed by atoms with E-state index in [9.17, 15) is 4.79 Å². The molecule has 1 aromatic carbocycles. The van der Waals surface area contributed by atoms with Gasteiger partial charge in [0.1, 0.15) is 0 Å². The fourth-order valence-corrected chi connectivity index (χ4v) is 3.66. The number of carbonyl (C=O) groups is 1. The number of rotatable bonds is 3. The molecule has 7 heteroatoms. The monoisotopic (exact) mass is 343 g/mol. The van der Waals surface area contributed by atoms with Crippen molar-refractivity contribution in [3.05, 3.63) is 24.4 Å². The second-order valence-electron chi connectivity index (χ2n) is 6.90. The summed E-state index contributed by atoms with van der Waals surface area (Å²) in [5.41, 5.74) is 1.70. The predicted octanol–water partition coefficient (Wildman–Crippen LogP) is 2.28. The van der Waals surface area contributed by atoms with Crippen LogP contribution in [0.1, 0.15) is 19.3 Å². The zero-order valence-electron chi connectivity index (χ0n) is 14.4. The van der Waals surface area contributed by atoms with Crippen LogP contribution < -0.4 is 5.32 Å². The Morgan fingerprint density at radius 1 is 1.28 bits per heavy atom. The molecule has 2 fully saturated rings. The lowest BCUT2D eigenvalue weighted by Crippen LogP contribution is -2.43. The summed E-state index contributed by atoms with van der Waals surface area (Å²) in [4.78, 5) is 17.0. The van der Waals surface area contributed by atoms with E-state index in [1.54, 1.807) is 6.20 Å². The van der Waals surface area contributed by atoms with E-state index in [-0.39, 0.29) is 12.1 Å². The van der Waals surface area contributed by atoms with Crippen molar-refractivity contribution in [3.63, 3.8) is 0 Å². The molecule has 2 amide bonds. The highest BCUT2D eigenvalue weighted by atomic mass is 16.5. The summed E-state index contributed by atoms with van der Waals surface area (Å²) in [7, 11) is 0. The summed E-state index contributed by atoms with van der Waals surface area (Å²) >= 11 is 0. The van der Waals surface area contributed by atoms with E-state index >= 15 is 0 Å². The van der Waals surface area contributed by atoms with Gasteiger partial charge in [-0.25, -0.2) is 4.79 Å². The van der Waals surface area contributed by atoms with Gasteiger partial charge in [-0.05, 0) is 50.6 Å². The largest absolute Gasteiger partial charge is 0.375 e. The van der Waals surface area contributed by atoms with Gasteiger partial charge >= 0.3 is 6.03 Å². The fraction of sp³-hybridized carbons (Fsp3) is 0.556. The first kappa shape index (κ1) is 16.4. The van der Waals surface area contributed by atoms with Gasteiger partial charge in [0.2, 0.25) is 0 Å². The number of anilines is 1. The molecule has 7 nitrogen and oxygen atoms in total. The summed E-state index contributed by atoms with van der Waals surface area (Å²) < 4.78 is 5.97. The molecule has 0 radical (unpaired) electrons. The van der Waals surface area contributed by atoms with Crippen molar-refractivity contribution < 1.29 is 9.53 Å². The van der Waals surface area contributed by atoms with Crippen LogP contribution in [0.2, 0.25) is 0 Å². The first-order valence-corrected chi connectivity index (χ1v) is 9.11. The normalized spacial score (nSPS) is 22.2. The Morgan fingerprint density at radius 3 is 3.04 bits per heavy atom. The minimum absolute atomic E-state index is 0.0595. The number of hydrogen-bond donors (Lipinski definition) is 2. The van der Waals surface area contributed by atoms with E-state index in [4.69, 9.17) is 4.74 Å². The van der Waals surface area contributed by atoms with Crippen LogP contribution >= 0.6 is 0 Å². The van der Waals surface area contributed by atoms with Crippen molar-refractivity contribution in [1.29, 1.82) is 0 Å². The van der Waals surface area contributed by atoms with Crippen molar-refractivity contribution in [2.75, 3.05) is 44.6 Å². The summed E-state index contributed by atoms with van der Waals surface area (Å²) in [5.74, 6) is 0. The van der Waals surface area contributed by atoms with E-state index in [0.29, 0.717) is 6.54 Å². The molecule has 1 atom stereocenters. The molecule has 2 aliphatic heterocycles. The van der Waals surface area contributed by atoms with Gasteiger partial charge in [0.05, 0.1) is 17.8 Å². The molecule has 2 aromatic rings. The van der Waals surface area contributed by atoms with Crippen LogP contribution in [0, 0.1) is 0 Å². The Hall–Kier alpha value is -2.12. The Labute approximate surface area is 147 Å². The third-order valence-corrected chi connectivity index (χ3v) is 4.99. The third kappa shape index (κ3) is 3.93. The van der Waals surface area contributed by atoms with Gasteiger partial charge in [-0.15, -0.1) is 0 Å². The minimum atomic E-state index is -0.0595. The number of aromatic nitrogens is 2. The molecule has 0 unspecified atom stereocenters. The summed E-state index contributed by atoms with van der Waals surface area (Å²) in [6.45, 7) is 5.32. The number of hydrogen-bond acceptors (Lipinski definition) is 4. The highest BCUT2D eigenvalue weighted by Gasteiger charge is 2.25. The molecule has 2 N–H and O–H groups in total. The van der Waals surface area contributed by atoms with Crippen LogP contribution in [0.15, 0.2) is 24.4 Å². The maximum absolute atomic E-state index is 12.7. The van der Waals surface area contributed by atoms with Crippen LogP contribution in [0.25, 0.3) is 10.9 Å². The van der Waals surface area contributed by atoms with E-state index in [0.717, 1.165) is 55.8 Å². The quantitative estimate of drug-likeness (QED) is 0.897. The molecular formula is C18H25N5O2. The number of benzene rings is 1. The average Bonchev–Trinajstić information content (AvgIpc) is 3.22. The van der Waals surface area contributed by atoms with Gasteiger partial charge in [0, 0.05) is 37.3 Å². The number of aromatic amines is 1. The smallest absolute Gasteiger partial charge is 0.321 e. The van der Waals surface area contributed by atoms with E-state index in [1.165, 1.54) is 12.8 Å². The van der Waals surface area contributed by atoms with E-state index < -0.39 is 0 Å². The van der Waals surface area contributed by atoms with Gasteiger partial charge in [0.15, 0.2) is 0 Å². The summed E-state index contributed by atoms with van der Waals surface area (Å²) in [5, 5.41) is 11.0. The van der Waals surface area contributed by atoms with Crippen molar-refractivity contribution in [2.45, 2.75) is 25.4 Å². The molecule has 0 spiro atoms. The van der Waals surface area contributed by atoms with Gasteiger partial charge in [-0.1, -0.05) is 0 Å². The standard InChI is InChI=1S/C18H25N5O2/c24-18(20-15-5-4-14-11-19-21-17(14)10-15)23-8-3-9-25-16(13-23)12-22-6-1-2-7-22/h4-5,10-11,16H,1-3,6-9,12-13H2,(H,19,21)(H,20,24)/t16-/m1/s1. The number of carbonyl (C=O) groups excluding carboxylic acids is 1. The van der Waals surface area contributed by atoms with Crippen molar-refractivity contribution in [3.8, 4) is 0 Å². The zero-order chi connectivity index (χ0) is 17.1. The number of urea groups is 1. The molecule has 0 bridgehead atoms. The first-order valence-electron chi connectivity index (χ1n) is 9.11. The number of likely N-dealkylation sites (tertiary alicyclic amines) is 1. The number of nitrogens with zero attached hydrogens (tertiary/aromatic N) is 3. The molecular weight excluding hydrogens is 318 g/mol. The van der Waals surface area contributed by atoms with Crippen molar-refractivity contribution >= 4 is 22.6 Å². The minimum Gasteiger partial charge on any atom is -0.375 e. The van der Waals surface area contributed by atoms with Crippen LogP contribution in [-0.2, 0) is 4.74 Å². The maximum Gasteiger partial charge on any atom is 0.321 e. The SMILES string of the molecule is O=C(Nc1ccc2cn[nH]c2c1)N1CCCO[C@H](CN2CCCC2)C1. The molecule has 134 valence electrons. The van der Waals surface area contributed by atoms with Gasteiger partial charge < -0.3 is 19.9 Å². The Bertz CT molecular complexity index is 725. The average molecular weight is 343 g/mol. The number of fused-ring (bicyclic) bond motifs is 1. The second-order valence-corrected chi connectivity index (χ2v) is 6.90. The predicted molar refractivity (Wildman–Crippen MR) is 96.7 cm³/mol. The molecule has 2 aliphatic rings.